The van der Waals surface area contributed by atoms with Crippen molar-refractivity contribution in [2.75, 3.05) is 13.7 Å². The van der Waals surface area contributed by atoms with Gasteiger partial charge in [-0.1, -0.05) is 19.1 Å². The Balaban J connectivity index is 2.20. The first-order chi connectivity index (χ1) is 9.65. The molecule has 0 saturated heterocycles. The number of methoxy groups -OCH3 is 1. The summed E-state index contributed by atoms with van der Waals surface area (Å²) in [5.41, 5.74) is 0.338. The standard InChI is InChI=1S/C16H22FNO2/c1-4-18-14(9-8-11(2)19-3)15-10-12-6-5-7-13(17)16(12)20-15/h5-7,10-11,14,18H,4,8-9H2,1-3H3. The Labute approximate surface area is 119 Å². The van der Waals surface area contributed by atoms with Crippen molar-refractivity contribution in [2.24, 2.45) is 0 Å². The van der Waals surface area contributed by atoms with E-state index < -0.39 is 0 Å². The van der Waals surface area contributed by atoms with Crippen LogP contribution < -0.4 is 5.32 Å². The van der Waals surface area contributed by atoms with Crippen LogP contribution in [0, 0.1) is 5.82 Å². The molecular formula is C16H22FNO2. The quantitative estimate of drug-likeness (QED) is 0.830. The van der Waals surface area contributed by atoms with Crippen LogP contribution in [0.3, 0.4) is 0 Å². The van der Waals surface area contributed by atoms with Gasteiger partial charge in [-0.15, -0.1) is 0 Å². The summed E-state index contributed by atoms with van der Waals surface area (Å²) in [6.45, 7) is 4.93. The normalized spacial score (nSPS) is 14.6. The van der Waals surface area contributed by atoms with Crippen LogP contribution in [-0.2, 0) is 4.74 Å². The second-order valence-corrected chi connectivity index (χ2v) is 5.04. The first-order valence-corrected chi connectivity index (χ1v) is 7.09. The van der Waals surface area contributed by atoms with Gasteiger partial charge in [0.2, 0.25) is 0 Å². The second kappa shape index (κ2) is 6.86. The van der Waals surface area contributed by atoms with E-state index in [4.69, 9.17) is 9.15 Å². The molecular weight excluding hydrogens is 257 g/mol. The molecule has 110 valence electrons. The zero-order valence-electron chi connectivity index (χ0n) is 12.3. The molecule has 3 nitrogen and oxygen atoms in total. The predicted octanol–water partition coefficient (Wildman–Crippen LogP) is 4.04. The van der Waals surface area contributed by atoms with Crippen LogP contribution in [0.5, 0.6) is 0 Å². The maximum absolute atomic E-state index is 13.7. The largest absolute Gasteiger partial charge is 0.456 e. The number of ether oxygens (including phenoxy) is 1. The van der Waals surface area contributed by atoms with E-state index in [1.807, 2.05) is 19.1 Å². The highest BCUT2D eigenvalue weighted by molar-refractivity contribution is 5.78. The summed E-state index contributed by atoms with van der Waals surface area (Å²) in [6, 6.07) is 7.00. The van der Waals surface area contributed by atoms with E-state index in [1.54, 1.807) is 13.2 Å². The number of fused-ring (bicyclic) bond motifs is 1. The SMILES string of the molecule is CCNC(CCC(C)OC)c1cc2cccc(F)c2o1. The fraction of sp³-hybridized carbons (Fsp3) is 0.500. The summed E-state index contributed by atoms with van der Waals surface area (Å²) in [5, 5.41) is 4.20. The minimum Gasteiger partial charge on any atom is -0.456 e. The lowest BCUT2D eigenvalue weighted by atomic mass is 10.1. The summed E-state index contributed by atoms with van der Waals surface area (Å²) in [7, 11) is 1.71. The fourth-order valence-corrected chi connectivity index (χ4v) is 2.33. The highest BCUT2D eigenvalue weighted by Crippen LogP contribution is 2.28. The molecule has 0 aliphatic carbocycles. The van der Waals surface area contributed by atoms with Crippen molar-refractivity contribution in [1.29, 1.82) is 0 Å². The van der Waals surface area contributed by atoms with Crippen molar-refractivity contribution in [2.45, 2.75) is 38.8 Å². The lowest BCUT2D eigenvalue weighted by Gasteiger charge is -2.17. The molecule has 0 radical (unpaired) electrons. The molecule has 0 saturated carbocycles. The van der Waals surface area contributed by atoms with Gasteiger partial charge in [-0.2, -0.15) is 0 Å². The molecule has 2 atom stereocenters. The predicted molar refractivity (Wildman–Crippen MR) is 78.3 cm³/mol. The molecule has 2 unspecified atom stereocenters. The number of hydrogen-bond donors (Lipinski definition) is 1. The first kappa shape index (κ1) is 15.0. The van der Waals surface area contributed by atoms with Crippen molar-refractivity contribution >= 4 is 11.0 Å². The summed E-state index contributed by atoms with van der Waals surface area (Å²) in [5.74, 6) is 0.476. The van der Waals surface area contributed by atoms with Crippen LogP contribution in [0.2, 0.25) is 0 Å². The number of furan rings is 1. The van der Waals surface area contributed by atoms with E-state index >= 15 is 0 Å². The maximum Gasteiger partial charge on any atom is 0.169 e. The highest BCUT2D eigenvalue weighted by atomic mass is 19.1. The van der Waals surface area contributed by atoms with Gasteiger partial charge in [0.25, 0.3) is 0 Å². The van der Waals surface area contributed by atoms with E-state index in [-0.39, 0.29) is 18.0 Å². The molecule has 1 N–H and O–H groups in total. The molecule has 2 aromatic rings. The third kappa shape index (κ3) is 3.38. The second-order valence-electron chi connectivity index (χ2n) is 5.04. The lowest BCUT2D eigenvalue weighted by Crippen LogP contribution is -2.22. The number of nitrogens with one attached hydrogen (secondary N) is 1. The molecule has 1 aromatic heterocycles. The van der Waals surface area contributed by atoms with Crippen molar-refractivity contribution in [1.82, 2.24) is 5.32 Å². The Morgan fingerprint density at radius 2 is 2.15 bits per heavy atom. The maximum atomic E-state index is 13.7. The smallest absolute Gasteiger partial charge is 0.169 e. The summed E-state index contributed by atoms with van der Waals surface area (Å²) in [4.78, 5) is 0. The van der Waals surface area contributed by atoms with Crippen molar-refractivity contribution in [3.8, 4) is 0 Å². The van der Waals surface area contributed by atoms with Gasteiger partial charge in [-0.05, 0) is 38.4 Å². The van der Waals surface area contributed by atoms with Crippen LogP contribution in [0.1, 0.15) is 38.5 Å². The zero-order chi connectivity index (χ0) is 14.5. The van der Waals surface area contributed by atoms with Gasteiger partial charge in [0.15, 0.2) is 11.4 Å². The van der Waals surface area contributed by atoms with Crippen LogP contribution >= 0.6 is 0 Å². The molecule has 1 heterocycles. The van der Waals surface area contributed by atoms with Gasteiger partial charge < -0.3 is 14.5 Å². The third-order valence-corrected chi connectivity index (χ3v) is 3.57. The van der Waals surface area contributed by atoms with Crippen LogP contribution in [-0.4, -0.2) is 19.8 Å². The summed E-state index contributed by atoms with van der Waals surface area (Å²) in [6.07, 6.45) is 2.02. The molecule has 0 amide bonds. The molecule has 0 bridgehead atoms. The van der Waals surface area contributed by atoms with E-state index in [9.17, 15) is 4.39 Å². The van der Waals surface area contributed by atoms with E-state index in [1.165, 1.54) is 6.07 Å². The lowest BCUT2D eigenvalue weighted by molar-refractivity contribution is 0.105. The molecule has 0 fully saturated rings. The number of halogens is 1. The minimum atomic E-state index is -0.311. The monoisotopic (exact) mass is 279 g/mol. The Kier molecular flexibility index (Phi) is 5.15. The average molecular weight is 279 g/mol. The zero-order valence-corrected chi connectivity index (χ0v) is 12.3. The van der Waals surface area contributed by atoms with E-state index in [0.29, 0.717) is 5.58 Å². The molecule has 20 heavy (non-hydrogen) atoms. The molecule has 4 heteroatoms. The minimum absolute atomic E-state index is 0.0874. The van der Waals surface area contributed by atoms with Gasteiger partial charge in [0, 0.05) is 12.5 Å². The molecule has 0 spiro atoms. The van der Waals surface area contributed by atoms with E-state index in [0.717, 1.165) is 30.5 Å². The van der Waals surface area contributed by atoms with E-state index in [2.05, 4.69) is 12.2 Å². The Bertz CT molecular complexity index is 552. The molecule has 1 aromatic carbocycles. The Morgan fingerprint density at radius 3 is 2.80 bits per heavy atom. The third-order valence-electron chi connectivity index (χ3n) is 3.57. The molecule has 0 aliphatic rings. The number of benzene rings is 1. The summed E-state index contributed by atoms with van der Waals surface area (Å²) < 4.78 is 24.7. The molecule has 0 aliphatic heterocycles. The number of para-hydroxylation sites is 1. The number of rotatable bonds is 7. The average Bonchev–Trinajstić information content (AvgIpc) is 2.88. The van der Waals surface area contributed by atoms with Crippen molar-refractivity contribution in [3.05, 3.63) is 35.8 Å². The number of hydrogen-bond acceptors (Lipinski definition) is 3. The van der Waals surface area contributed by atoms with Crippen LogP contribution in [0.4, 0.5) is 4.39 Å². The Morgan fingerprint density at radius 1 is 1.35 bits per heavy atom. The summed E-state index contributed by atoms with van der Waals surface area (Å²) >= 11 is 0. The van der Waals surface area contributed by atoms with Gasteiger partial charge in [-0.25, -0.2) is 4.39 Å². The fourth-order valence-electron chi connectivity index (χ4n) is 2.33. The van der Waals surface area contributed by atoms with Gasteiger partial charge in [-0.3, -0.25) is 0 Å². The Hall–Kier alpha value is -1.39. The van der Waals surface area contributed by atoms with Crippen LogP contribution in [0.15, 0.2) is 28.7 Å². The van der Waals surface area contributed by atoms with Gasteiger partial charge >= 0.3 is 0 Å². The van der Waals surface area contributed by atoms with Crippen molar-refractivity contribution in [3.63, 3.8) is 0 Å². The topological polar surface area (TPSA) is 34.4 Å². The molecule has 2 rings (SSSR count). The van der Waals surface area contributed by atoms with Crippen LogP contribution in [0.25, 0.3) is 11.0 Å². The highest BCUT2D eigenvalue weighted by Gasteiger charge is 2.17. The first-order valence-electron chi connectivity index (χ1n) is 7.09. The van der Waals surface area contributed by atoms with Crippen molar-refractivity contribution < 1.29 is 13.5 Å². The van der Waals surface area contributed by atoms with Gasteiger partial charge in [0.05, 0.1) is 12.1 Å². The van der Waals surface area contributed by atoms with Gasteiger partial charge in [0.1, 0.15) is 5.76 Å².